The lowest BCUT2D eigenvalue weighted by Crippen LogP contribution is -2.21. The van der Waals surface area contributed by atoms with Crippen LogP contribution in [0.15, 0.2) is 54.9 Å². The Hall–Kier alpha value is -4.06. The van der Waals surface area contributed by atoms with E-state index in [4.69, 9.17) is 24.5 Å². The highest BCUT2D eigenvalue weighted by atomic mass is 19.4. The van der Waals surface area contributed by atoms with E-state index in [1.807, 2.05) is 43.3 Å². The Morgan fingerprint density at radius 3 is 2.49 bits per heavy atom. The summed E-state index contributed by atoms with van der Waals surface area (Å²) in [4.78, 5) is 21.1. The zero-order valence-corrected chi connectivity index (χ0v) is 18.6. The Bertz CT molecular complexity index is 1100. The molecule has 0 aliphatic heterocycles. The first-order valence-corrected chi connectivity index (χ1v) is 10.3. The van der Waals surface area contributed by atoms with Gasteiger partial charge >= 0.3 is 18.2 Å². The van der Waals surface area contributed by atoms with Gasteiger partial charge in [-0.15, -0.1) is 0 Å². The second-order valence-corrected chi connectivity index (χ2v) is 7.12. The van der Waals surface area contributed by atoms with Crippen LogP contribution in [0.1, 0.15) is 17.5 Å². The van der Waals surface area contributed by atoms with Gasteiger partial charge in [0.05, 0.1) is 18.5 Å². The van der Waals surface area contributed by atoms with Crippen LogP contribution in [0, 0.1) is 6.92 Å². The molecule has 0 spiro atoms. The van der Waals surface area contributed by atoms with Crippen molar-refractivity contribution in [1.29, 1.82) is 0 Å². The van der Waals surface area contributed by atoms with Crippen LogP contribution in [0.25, 0.3) is 11.1 Å². The minimum absolute atomic E-state index is 0.0305. The number of alkyl halides is 3. The molecule has 4 N–H and O–H groups in total. The molecule has 0 radical (unpaired) electrons. The van der Waals surface area contributed by atoms with Gasteiger partial charge in [-0.1, -0.05) is 35.9 Å². The topological polar surface area (TPSA) is 134 Å². The molecule has 0 aliphatic rings. The number of benzene rings is 2. The Morgan fingerprint density at radius 2 is 1.89 bits per heavy atom. The fourth-order valence-electron chi connectivity index (χ4n) is 2.68. The molecule has 1 heterocycles. The number of aliphatic hydroxyl groups excluding tert-OH is 1. The molecule has 188 valence electrons. The number of hydrogen-bond donors (Lipinski definition) is 4. The van der Waals surface area contributed by atoms with Crippen molar-refractivity contribution in [1.82, 2.24) is 10.2 Å². The minimum atomic E-state index is -5.08. The third kappa shape index (κ3) is 9.37. The Balaban J connectivity index is 0.000000540. The van der Waals surface area contributed by atoms with Gasteiger partial charge in [-0.05, 0) is 30.2 Å². The quantitative estimate of drug-likeness (QED) is 0.338. The minimum Gasteiger partial charge on any atom is -0.491 e. The summed E-state index contributed by atoms with van der Waals surface area (Å²) in [6, 6.07) is 13.2. The normalized spacial score (nSPS) is 10.7. The molecule has 9 nitrogen and oxygen atoms in total. The number of halogens is 3. The maximum Gasteiger partial charge on any atom is 0.490 e. The standard InChI is InChI=1S/C21H23N3O4.C2HF3O2/c1-15-4-2-5-16(10-15)14-28-21(26)24-19-7-6-17(18-12-22-23-13-18)11-20(19)27-9-3-8-25;3-2(4,5)1(6)7/h2,4-7,10-13,25H,3,8-9,14H2,1H3,(H,22,23)(H,24,26);(H,6,7). The van der Waals surface area contributed by atoms with Crippen molar-refractivity contribution < 1.29 is 42.4 Å². The first-order valence-electron chi connectivity index (χ1n) is 10.3. The number of aromatic amines is 1. The number of carbonyl (C=O) groups excluding carboxylic acids is 1. The summed E-state index contributed by atoms with van der Waals surface area (Å²) >= 11 is 0. The Morgan fingerprint density at radius 1 is 1.14 bits per heavy atom. The number of aliphatic hydroxyl groups is 1. The average molecular weight is 495 g/mol. The van der Waals surface area contributed by atoms with Crippen molar-refractivity contribution in [2.75, 3.05) is 18.5 Å². The lowest BCUT2D eigenvalue weighted by molar-refractivity contribution is -0.192. The Labute approximate surface area is 198 Å². The second kappa shape index (κ2) is 13.0. The van der Waals surface area contributed by atoms with E-state index in [9.17, 15) is 18.0 Å². The molecule has 0 unspecified atom stereocenters. The molecule has 0 saturated heterocycles. The van der Waals surface area contributed by atoms with E-state index < -0.39 is 18.2 Å². The summed E-state index contributed by atoms with van der Waals surface area (Å²) in [5, 5.41) is 25.5. The summed E-state index contributed by atoms with van der Waals surface area (Å²) in [6.45, 7) is 2.53. The van der Waals surface area contributed by atoms with Crippen LogP contribution >= 0.6 is 0 Å². The van der Waals surface area contributed by atoms with Gasteiger partial charge in [0.15, 0.2) is 0 Å². The van der Waals surface area contributed by atoms with Crippen LogP contribution in [0.5, 0.6) is 5.75 Å². The predicted molar refractivity (Wildman–Crippen MR) is 120 cm³/mol. The van der Waals surface area contributed by atoms with Gasteiger partial charge in [0, 0.05) is 24.8 Å². The number of aliphatic carboxylic acids is 1. The van der Waals surface area contributed by atoms with E-state index in [2.05, 4.69) is 15.5 Å². The molecular weight excluding hydrogens is 471 g/mol. The molecule has 0 aliphatic carbocycles. The van der Waals surface area contributed by atoms with Crippen molar-refractivity contribution in [3.05, 3.63) is 66.0 Å². The summed E-state index contributed by atoms with van der Waals surface area (Å²) in [7, 11) is 0. The zero-order chi connectivity index (χ0) is 25.8. The van der Waals surface area contributed by atoms with Crippen LogP contribution in [-0.2, 0) is 16.1 Å². The smallest absolute Gasteiger partial charge is 0.490 e. The maximum atomic E-state index is 12.2. The largest absolute Gasteiger partial charge is 0.491 e. The molecule has 1 aromatic heterocycles. The molecular formula is C23H24F3N3O6. The van der Waals surface area contributed by atoms with Crippen LogP contribution in [0.4, 0.5) is 23.7 Å². The second-order valence-electron chi connectivity index (χ2n) is 7.12. The van der Waals surface area contributed by atoms with Gasteiger partial charge in [-0.3, -0.25) is 10.4 Å². The van der Waals surface area contributed by atoms with E-state index in [-0.39, 0.29) is 13.2 Å². The number of carboxylic acids is 1. The SMILES string of the molecule is Cc1cccc(COC(=O)Nc2ccc(-c3cn[nH]c3)cc2OCCCO)c1.O=C(O)C(F)(F)F. The molecule has 2 aromatic carbocycles. The maximum absolute atomic E-state index is 12.2. The number of hydrogen-bond acceptors (Lipinski definition) is 6. The van der Waals surface area contributed by atoms with Crippen molar-refractivity contribution in [2.24, 2.45) is 0 Å². The van der Waals surface area contributed by atoms with Crippen molar-refractivity contribution in [2.45, 2.75) is 26.1 Å². The van der Waals surface area contributed by atoms with Crippen molar-refractivity contribution in [3.63, 3.8) is 0 Å². The lowest BCUT2D eigenvalue weighted by Gasteiger charge is -2.14. The van der Waals surface area contributed by atoms with E-state index in [1.165, 1.54) is 0 Å². The number of carboxylic acid groups (broad SMARTS) is 1. The first kappa shape index (κ1) is 27.2. The highest BCUT2D eigenvalue weighted by Crippen LogP contribution is 2.31. The first-order chi connectivity index (χ1) is 16.6. The number of H-pyrrole nitrogens is 1. The third-order valence-corrected chi connectivity index (χ3v) is 4.30. The lowest BCUT2D eigenvalue weighted by atomic mass is 10.1. The highest BCUT2D eigenvalue weighted by Gasteiger charge is 2.38. The van der Waals surface area contributed by atoms with Gasteiger partial charge in [0.2, 0.25) is 0 Å². The molecule has 0 bridgehead atoms. The number of aromatic nitrogens is 2. The number of nitrogens with zero attached hydrogens (tertiary/aromatic N) is 1. The van der Waals surface area contributed by atoms with Gasteiger partial charge in [0.1, 0.15) is 12.4 Å². The molecule has 12 heteroatoms. The van der Waals surface area contributed by atoms with Gasteiger partial charge in [0.25, 0.3) is 0 Å². The van der Waals surface area contributed by atoms with Crippen molar-refractivity contribution in [3.8, 4) is 16.9 Å². The number of anilines is 1. The van der Waals surface area contributed by atoms with Crippen LogP contribution in [0.2, 0.25) is 0 Å². The molecule has 0 fully saturated rings. The van der Waals surface area contributed by atoms with Gasteiger partial charge < -0.3 is 19.7 Å². The average Bonchev–Trinajstić information content (AvgIpc) is 3.34. The molecule has 3 rings (SSSR count). The summed E-state index contributed by atoms with van der Waals surface area (Å²) < 4.78 is 42.8. The number of nitrogens with one attached hydrogen (secondary N) is 2. The number of carbonyl (C=O) groups is 2. The Kier molecular flexibility index (Phi) is 10.1. The summed E-state index contributed by atoms with van der Waals surface area (Å²) in [5.41, 5.74) is 4.33. The van der Waals surface area contributed by atoms with Crippen molar-refractivity contribution >= 4 is 17.7 Å². The zero-order valence-electron chi connectivity index (χ0n) is 18.6. The molecule has 0 saturated carbocycles. The highest BCUT2D eigenvalue weighted by molar-refractivity contribution is 5.87. The number of rotatable bonds is 8. The van der Waals surface area contributed by atoms with E-state index in [1.54, 1.807) is 18.5 Å². The predicted octanol–water partition coefficient (Wildman–Crippen LogP) is 4.53. The molecule has 0 atom stereocenters. The van der Waals surface area contributed by atoms with Crippen LogP contribution in [0.3, 0.4) is 0 Å². The van der Waals surface area contributed by atoms with Gasteiger partial charge in [-0.2, -0.15) is 18.3 Å². The van der Waals surface area contributed by atoms with Gasteiger partial charge in [-0.25, -0.2) is 9.59 Å². The third-order valence-electron chi connectivity index (χ3n) is 4.30. The number of aryl methyl sites for hydroxylation is 1. The van der Waals surface area contributed by atoms with E-state index in [0.717, 1.165) is 22.3 Å². The monoisotopic (exact) mass is 495 g/mol. The fraction of sp³-hybridized carbons (Fsp3) is 0.261. The molecule has 35 heavy (non-hydrogen) atoms. The molecule has 1 amide bonds. The fourth-order valence-corrected chi connectivity index (χ4v) is 2.68. The molecule has 3 aromatic rings. The van der Waals surface area contributed by atoms with E-state index >= 15 is 0 Å². The number of ether oxygens (including phenoxy) is 2. The van der Waals surface area contributed by atoms with E-state index in [0.29, 0.717) is 24.5 Å². The summed E-state index contributed by atoms with van der Waals surface area (Å²) in [5.74, 6) is -2.26. The number of amides is 1. The van der Waals surface area contributed by atoms with Crippen LogP contribution < -0.4 is 10.1 Å². The van der Waals surface area contributed by atoms with Crippen LogP contribution in [-0.4, -0.2) is 51.9 Å². The summed E-state index contributed by atoms with van der Waals surface area (Å²) in [6.07, 6.45) is -1.68.